The molecule has 1 heterocycles. The number of nitro groups is 1. The molecule has 0 radical (unpaired) electrons. The second-order valence-electron chi connectivity index (χ2n) is 7.93. The Morgan fingerprint density at radius 2 is 1.76 bits per heavy atom. The maximum atomic E-state index is 14.0. The maximum Gasteiger partial charge on any atom is 0.269 e. The third-order valence-corrected chi connectivity index (χ3v) is 5.53. The number of halogens is 1. The average molecular weight is 456 g/mol. The van der Waals surface area contributed by atoms with E-state index in [1.165, 1.54) is 37.3 Å². The monoisotopic (exact) mass is 456 g/mol. The van der Waals surface area contributed by atoms with Gasteiger partial charge < -0.3 is 15.5 Å². The van der Waals surface area contributed by atoms with Crippen molar-refractivity contribution in [3.8, 4) is 0 Å². The van der Waals surface area contributed by atoms with Gasteiger partial charge in [0.05, 0.1) is 4.92 Å². The molecular formula is C23H25FN4O5. The van der Waals surface area contributed by atoms with Crippen molar-refractivity contribution in [3.63, 3.8) is 0 Å². The minimum Gasteiger partial charge on any atom is -0.351 e. The highest BCUT2D eigenvalue weighted by atomic mass is 19.1. The molecule has 9 nitrogen and oxygen atoms in total. The lowest BCUT2D eigenvalue weighted by molar-refractivity contribution is -0.384. The van der Waals surface area contributed by atoms with Crippen LogP contribution in [0.3, 0.4) is 0 Å². The predicted molar refractivity (Wildman–Crippen MR) is 118 cm³/mol. The predicted octanol–water partition coefficient (Wildman–Crippen LogP) is 2.20. The highest BCUT2D eigenvalue weighted by Gasteiger charge is 2.28. The Bertz CT molecular complexity index is 1040. The van der Waals surface area contributed by atoms with Crippen LogP contribution in [0.15, 0.2) is 48.5 Å². The summed E-state index contributed by atoms with van der Waals surface area (Å²) in [6.45, 7) is 2.10. The number of nitrogens with one attached hydrogen (secondary N) is 2. The van der Waals surface area contributed by atoms with Crippen LogP contribution in [-0.4, -0.2) is 52.7 Å². The van der Waals surface area contributed by atoms with E-state index < -0.39 is 28.6 Å². The summed E-state index contributed by atoms with van der Waals surface area (Å²) in [6.07, 6.45) is 1.05. The summed E-state index contributed by atoms with van der Waals surface area (Å²) in [5, 5.41) is 16.2. The highest BCUT2D eigenvalue weighted by Crippen LogP contribution is 2.17. The first kappa shape index (κ1) is 23.8. The third kappa shape index (κ3) is 6.34. The van der Waals surface area contributed by atoms with Crippen LogP contribution in [0.4, 0.5) is 10.1 Å². The second-order valence-corrected chi connectivity index (χ2v) is 7.93. The number of hydrogen-bond acceptors (Lipinski definition) is 5. The Kier molecular flexibility index (Phi) is 7.70. The number of likely N-dealkylation sites (tertiary alicyclic amines) is 1. The maximum absolute atomic E-state index is 14.0. The van der Waals surface area contributed by atoms with Crippen LogP contribution in [0.2, 0.25) is 0 Å². The molecule has 1 aliphatic heterocycles. The third-order valence-electron chi connectivity index (χ3n) is 5.53. The number of amides is 3. The lowest BCUT2D eigenvalue weighted by Gasteiger charge is -2.33. The molecule has 0 spiro atoms. The minimum atomic E-state index is -0.917. The number of piperidine rings is 1. The lowest BCUT2D eigenvalue weighted by Crippen LogP contribution is -2.53. The van der Waals surface area contributed by atoms with Crippen LogP contribution in [0.1, 0.15) is 35.7 Å². The fourth-order valence-corrected chi connectivity index (χ4v) is 3.78. The summed E-state index contributed by atoms with van der Waals surface area (Å²) in [7, 11) is 0. The van der Waals surface area contributed by atoms with Gasteiger partial charge in [-0.25, -0.2) is 4.39 Å². The molecule has 1 fully saturated rings. The topological polar surface area (TPSA) is 122 Å². The van der Waals surface area contributed by atoms with Crippen molar-refractivity contribution in [1.29, 1.82) is 0 Å². The van der Waals surface area contributed by atoms with Crippen molar-refractivity contribution in [2.75, 3.05) is 13.1 Å². The largest absolute Gasteiger partial charge is 0.351 e. The first-order chi connectivity index (χ1) is 15.7. The van der Waals surface area contributed by atoms with Gasteiger partial charge in [-0.2, -0.15) is 0 Å². The molecule has 0 unspecified atom stereocenters. The van der Waals surface area contributed by atoms with Crippen LogP contribution in [0, 0.1) is 15.9 Å². The Morgan fingerprint density at radius 1 is 1.12 bits per heavy atom. The Labute approximate surface area is 190 Å². The molecule has 10 heteroatoms. The Morgan fingerprint density at radius 3 is 2.33 bits per heavy atom. The fraction of sp³-hybridized carbons (Fsp3) is 0.348. The molecule has 174 valence electrons. The summed E-state index contributed by atoms with van der Waals surface area (Å²) in [5.41, 5.74) is 0.602. The van der Waals surface area contributed by atoms with E-state index in [4.69, 9.17) is 0 Å². The fourth-order valence-electron chi connectivity index (χ4n) is 3.78. The smallest absolute Gasteiger partial charge is 0.269 e. The molecule has 2 aromatic rings. The van der Waals surface area contributed by atoms with E-state index in [1.807, 2.05) is 0 Å². The quantitative estimate of drug-likeness (QED) is 0.489. The first-order valence-corrected chi connectivity index (χ1v) is 10.6. The molecule has 1 saturated heterocycles. The molecule has 0 aliphatic carbocycles. The molecule has 1 atom stereocenters. The van der Waals surface area contributed by atoms with E-state index in [9.17, 15) is 28.9 Å². The standard InChI is InChI=1S/C23H25FN4O5/c1-15(29)25-21(14-17-4-2-3-5-20(17)24)22(30)26-18-10-12-27(13-11-18)23(31)16-6-8-19(9-7-16)28(32)33/h2-9,18,21H,10-14H2,1H3,(H,25,29)(H,26,30)/t21-/m1/s1. The van der Waals surface area contributed by atoms with Crippen LogP contribution < -0.4 is 10.6 Å². The zero-order valence-corrected chi connectivity index (χ0v) is 18.1. The van der Waals surface area contributed by atoms with Gasteiger partial charge in [0, 0.05) is 50.2 Å². The average Bonchev–Trinajstić information content (AvgIpc) is 2.80. The van der Waals surface area contributed by atoms with Crippen molar-refractivity contribution in [2.24, 2.45) is 0 Å². The van der Waals surface area contributed by atoms with Crippen LogP contribution in [0.5, 0.6) is 0 Å². The van der Waals surface area contributed by atoms with Crippen molar-refractivity contribution in [2.45, 2.75) is 38.3 Å². The minimum absolute atomic E-state index is 0.0234. The van der Waals surface area contributed by atoms with Crippen molar-refractivity contribution in [1.82, 2.24) is 15.5 Å². The van der Waals surface area contributed by atoms with Gasteiger partial charge in [-0.15, -0.1) is 0 Å². The SMILES string of the molecule is CC(=O)N[C@H](Cc1ccccc1F)C(=O)NC1CCN(C(=O)c2ccc([N+](=O)[O-])cc2)CC1. The summed E-state index contributed by atoms with van der Waals surface area (Å²) < 4.78 is 14.0. The number of benzene rings is 2. The van der Waals surface area contributed by atoms with E-state index in [1.54, 1.807) is 23.1 Å². The molecule has 3 amide bonds. The van der Waals surface area contributed by atoms with Gasteiger partial charge in [-0.1, -0.05) is 18.2 Å². The van der Waals surface area contributed by atoms with Crippen molar-refractivity contribution < 1.29 is 23.7 Å². The number of nitro benzene ring substituents is 1. The zero-order valence-electron chi connectivity index (χ0n) is 18.1. The lowest BCUT2D eigenvalue weighted by atomic mass is 10.0. The van der Waals surface area contributed by atoms with Crippen LogP contribution >= 0.6 is 0 Å². The van der Waals surface area contributed by atoms with Crippen molar-refractivity contribution in [3.05, 3.63) is 75.6 Å². The molecule has 1 aliphatic rings. The number of hydrogen-bond donors (Lipinski definition) is 2. The Hall–Kier alpha value is -3.82. The summed E-state index contributed by atoms with van der Waals surface area (Å²) in [6, 6.07) is 10.4. The number of rotatable bonds is 7. The van der Waals surface area contributed by atoms with Gasteiger partial charge in [-0.3, -0.25) is 24.5 Å². The van der Waals surface area contributed by atoms with Crippen LogP contribution in [0.25, 0.3) is 0 Å². The zero-order chi connectivity index (χ0) is 24.0. The van der Waals surface area contributed by atoms with E-state index in [-0.39, 0.29) is 24.1 Å². The van der Waals surface area contributed by atoms with E-state index in [2.05, 4.69) is 10.6 Å². The molecule has 2 N–H and O–H groups in total. The second kappa shape index (κ2) is 10.7. The van der Waals surface area contributed by atoms with E-state index in [0.717, 1.165) is 0 Å². The van der Waals surface area contributed by atoms with Gasteiger partial charge in [0.15, 0.2) is 0 Å². The van der Waals surface area contributed by atoms with Crippen LogP contribution in [-0.2, 0) is 16.0 Å². The van der Waals surface area contributed by atoms with Crippen molar-refractivity contribution >= 4 is 23.4 Å². The summed E-state index contributed by atoms with van der Waals surface area (Å²) >= 11 is 0. The number of carbonyl (C=O) groups excluding carboxylic acids is 3. The molecule has 2 aromatic carbocycles. The number of non-ortho nitro benzene ring substituents is 1. The molecule has 0 saturated carbocycles. The molecule has 3 rings (SSSR count). The van der Waals surface area contributed by atoms with Gasteiger partial charge in [0.1, 0.15) is 11.9 Å². The Balaban J connectivity index is 1.56. The summed E-state index contributed by atoms with van der Waals surface area (Å²) in [5.74, 6) is -1.48. The number of nitrogens with zero attached hydrogens (tertiary/aromatic N) is 2. The van der Waals surface area contributed by atoms with Gasteiger partial charge in [0.2, 0.25) is 11.8 Å². The summed E-state index contributed by atoms with van der Waals surface area (Å²) in [4.78, 5) is 48.9. The molecule has 0 aromatic heterocycles. The molecular weight excluding hydrogens is 431 g/mol. The van der Waals surface area contributed by atoms with E-state index >= 15 is 0 Å². The molecule has 0 bridgehead atoms. The highest BCUT2D eigenvalue weighted by molar-refractivity contribution is 5.94. The van der Waals surface area contributed by atoms with Gasteiger partial charge in [0.25, 0.3) is 11.6 Å². The molecule has 33 heavy (non-hydrogen) atoms. The number of carbonyl (C=O) groups is 3. The van der Waals surface area contributed by atoms with E-state index in [0.29, 0.717) is 37.1 Å². The van der Waals surface area contributed by atoms with Gasteiger partial charge in [-0.05, 0) is 36.6 Å². The first-order valence-electron chi connectivity index (χ1n) is 10.6. The normalized spacial score (nSPS) is 14.9. The van der Waals surface area contributed by atoms with Gasteiger partial charge >= 0.3 is 0 Å².